The lowest BCUT2D eigenvalue weighted by atomic mass is 9.94. The molecule has 9 aromatic carbocycles. The van der Waals surface area contributed by atoms with Crippen LogP contribution in [0, 0.1) is 0 Å². The minimum absolute atomic E-state index is 1.10. The summed E-state index contributed by atoms with van der Waals surface area (Å²) in [4.78, 5) is 2.40. The van der Waals surface area contributed by atoms with Gasteiger partial charge in [0.1, 0.15) is 0 Å². The van der Waals surface area contributed by atoms with Crippen molar-refractivity contribution < 1.29 is 0 Å². The molecule has 51 heavy (non-hydrogen) atoms. The highest BCUT2D eigenvalue weighted by Crippen LogP contribution is 2.42. The average Bonchev–Trinajstić information content (AvgIpc) is 3.21. The molecule has 0 fully saturated rings. The molecular weight excluding hydrogens is 615 g/mol. The van der Waals surface area contributed by atoms with Gasteiger partial charge in [0.05, 0.1) is 0 Å². The Balaban J connectivity index is 1.23. The van der Waals surface area contributed by atoms with Gasteiger partial charge in [0.15, 0.2) is 0 Å². The quantitative estimate of drug-likeness (QED) is 0.166. The molecule has 0 saturated heterocycles. The number of rotatable bonds is 7. The fraction of sp³-hybridized carbons (Fsp3) is 0. The Morgan fingerprint density at radius 3 is 1.08 bits per heavy atom. The molecule has 9 rings (SSSR count). The Morgan fingerprint density at radius 2 is 0.569 bits per heavy atom. The number of fused-ring (bicyclic) bond motifs is 2. The lowest BCUT2D eigenvalue weighted by Crippen LogP contribution is -2.10. The van der Waals surface area contributed by atoms with Gasteiger partial charge >= 0.3 is 0 Å². The summed E-state index contributed by atoms with van der Waals surface area (Å²) in [6.07, 6.45) is 0. The summed E-state index contributed by atoms with van der Waals surface area (Å²) < 4.78 is 0. The Hall–Kier alpha value is -6.70. The van der Waals surface area contributed by atoms with Gasteiger partial charge in [-0.2, -0.15) is 0 Å². The molecule has 1 nitrogen and oxygen atoms in total. The van der Waals surface area contributed by atoms with Gasteiger partial charge < -0.3 is 4.90 Å². The van der Waals surface area contributed by atoms with Gasteiger partial charge in [-0.1, -0.05) is 176 Å². The summed E-state index contributed by atoms with van der Waals surface area (Å²) in [5.41, 5.74) is 12.9. The van der Waals surface area contributed by atoms with E-state index >= 15 is 0 Å². The smallest absolute Gasteiger partial charge is 0.0467 e. The molecule has 0 bridgehead atoms. The van der Waals surface area contributed by atoms with E-state index < -0.39 is 0 Å². The Kier molecular flexibility index (Phi) is 7.92. The normalized spacial score (nSPS) is 11.1. The van der Waals surface area contributed by atoms with Crippen molar-refractivity contribution in [3.63, 3.8) is 0 Å². The Labute approximate surface area is 299 Å². The lowest BCUT2D eigenvalue weighted by Gasteiger charge is -2.27. The fourth-order valence-electron chi connectivity index (χ4n) is 7.44. The minimum Gasteiger partial charge on any atom is -0.310 e. The molecule has 0 heterocycles. The summed E-state index contributed by atoms with van der Waals surface area (Å²) in [6.45, 7) is 0. The third-order valence-electron chi connectivity index (χ3n) is 9.84. The maximum atomic E-state index is 2.40. The summed E-state index contributed by atoms with van der Waals surface area (Å²) in [5.74, 6) is 0. The predicted molar refractivity (Wildman–Crippen MR) is 218 cm³/mol. The van der Waals surface area contributed by atoms with Gasteiger partial charge in [-0.3, -0.25) is 0 Å². The summed E-state index contributed by atoms with van der Waals surface area (Å²) in [7, 11) is 0. The molecule has 240 valence electrons. The van der Waals surface area contributed by atoms with Crippen molar-refractivity contribution in [2.24, 2.45) is 0 Å². The first kappa shape index (κ1) is 30.4. The van der Waals surface area contributed by atoms with E-state index in [0.717, 1.165) is 17.1 Å². The third-order valence-corrected chi connectivity index (χ3v) is 9.84. The molecule has 0 atom stereocenters. The van der Waals surface area contributed by atoms with E-state index in [4.69, 9.17) is 0 Å². The van der Waals surface area contributed by atoms with Crippen LogP contribution in [0.3, 0.4) is 0 Å². The van der Waals surface area contributed by atoms with E-state index in [1.54, 1.807) is 0 Å². The van der Waals surface area contributed by atoms with Crippen LogP contribution >= 0.6 is 0 Å². The summed E-state index contributed by atoms with van der Waals surface area (Å²) >= 11 is 0. The zero-order valence-corrected chi connectivity index (χ0v) is 28.2. The molecule has 0 radical (unpaired) electrons. The molecule has 0 aliphatic rings. The Bertz CT molecular complexity index is 2520. The maximum absolute atomic E-state index is 2.40. The zero-order valence-electron chi connectivity index (χ0n) is 28.2. The standard InChI is InChI=1S/C50H35N/c1-2-15-36(16-3-1)45-29-8-9-30-48(45)39-21-10-24-42(33-39)51(43-25-11-22-40(34-43)49-31-13-19-37-17-4-6-27-46(37)49)44-26-12-23-41(35-44)50-32-14-20-38-18-5-7-28-47(38)50/h1-35H. The van der Waals surface area contributed by atoms with Crippen molar-refractivity contribution in [2.75, 3.05) is 4.90 Å². The predicted octanol–water partition coefficient (Wildman–Crippen LogP) is 14.1. The van der Waals surface area contributed by atoms with Crippen LogP contribution in [-0.4, -0.2) is 0 Å². The molecule has 0 N–H and O–H groups in total. The first-order chi connectivity index (χ1) is 25.3. The molecule has 0 aromatic heterocycles. The van der Waals surface area contributed by atoms with Crippen LogP contribution in [-0.2, 0) is 0 Å². The number of benzene rings is 9. The molecular formula is C50H35N. The minimum atomic E-state index is 1.10. The molecule has 0 amide bonds. The second-order valence-electron chi connectivity index (χ2n) is 13.0. The lowest BCUT2D eigenvalue weighted by molar-refractivity contribution is 1.28. The number of hydrogen-bond donors (Lipinski definition) is 0. The monoisotopic (exact) mass is 649 g/mol. The van der Waals surface area contributed by atoms with Crippen molar-refractivity contribution >= 4 is 38.6 Å². The van der Waals surface area contributed by atoms with Crippen LogP contribution in [0.5, 0.6) is 0 Å². The first-order valence-electron chi connectivity index (χ1n) is 17.5. The highest BCUT2D eigenvalue weighted by atomic mass is 15.1. The largest absolute Gasteiger partial charge is 0.310 e. The van der Waals surface area contributed by atoms with Crippen LogP contribution in [0.4, 0.5) is 17.1 Å². The molecule has 0 spiro atoms. The first-order valence-corrected chi connectivity index (χ1v) is 17.5. The number of anilines is 3. The van der Waals surface area contributed by atoms with E-state index in [1.165, 1.54) is 66.1 Å². The molecule has 1 heteroatoms. The Morgan fingerprint density at radius 1 is 0.235 bits per heavy atom. The van der Waals surface area contributed by atoms with Gasteiger partial charge in [0.25, 0.3) is 0 Å². The summed E-state index contributed by atoms with van der Waals surface area (Å²) in [5, 5.41) is 4.98. The van der Waals surface area contributed by atoms with Crippen molar-refractivity contribution in [3.05, 3.63) is 212 Å². The van der Waals surface area contributed by atoms with Crippen molar-refractivity contribution in [3.8, 4) is 44.5 Å². The summed E-state index contributed by atoms with van der Waals surface area (Å²) in [6, 6.07) is 76.7. The highest BCUT2D eigenvalue weighted by Gasteiger charge is 2.17. The fourth-order valence-corrected chi connectivity index (χ4v) is 7.44. The van der Waals surface area contributed by atoms with Crippen molar-refractivity contribution in [1.29, 1.82) is 0 Å². The zero-order chi connectivity index (χ0) is 34.0. The second kappa shape index (κ2) is 13.3. The average molecular weight is 650 g/mol. The second-order valence-corrected chi connectivity index (χ2v) is 13.0. The van der Waals surface area contributed by atoms with Gasteiger partial charge in [-0.15, -0.1) is 0 Å². The van der Waals surface area contributed by atoms with E-state index in [0.29, 0.717) is 0 Å². The van der Waals surface area contributed by atoms with Gasteiger partial charge in [0, 0.05) is 17.1 Å². The van der Waals surface area contributed by atoms with Crippen LogP contribution in [0.25, 0.3) is 66.1 Å². The topological polar surface area (TPSA) is 3.24 Å². The van der Waals surface area contributed by atoms with Gasteiger partial charge in [-0.25, -0.2) is 0 Å². The van der Waals surface area contributed by atoms with Crippen LogP contribution in [0.1, 0.15) is 0 Å². The third kappa shape index (κ3) is 5.86. The molecule has 0 saturated carbocycles. The van der Waals surface area contributed by atoms with Crippen molar-refractivity contribution in [2.45, 2.75) is 0 Å². The van der Waals surface area contributed by atoms with E-state index in [2.05, 4.69) is 217 Å². The molecule has 0 aliphatic heterocycles. The number of nitrogens with zero attached hydrogens (tertiary/aromatic N) is 1. The molecule has 0 unspecified atom stereocenters. The highest BCUT2D eigenvalue weighted by molar-refractivity contribution is 5.99. The molecule has 9 aromatic rings. The van der Waals surface area contributed by atoms with Crippen LogP contribution in [0.2, 0.25) is 0 Å². The SMILES string of the molecule is c1ccc(-c2ccccc2-c2cccc(N(c3cccc(-c4cccc5ccccc45)c3)c3cccc(-c4cccc5ccccc45)c3)c2)cc1. The van der Waals surface area contributed by atoms with E-state index in [-0.39, 0.29) is 0 Å². The van der Waals surface area contributed by atoms with Gasteiger partial charge in [0.2, 0.25) is 0 Å². The van der Waals surface area contributed by atoms with E-state index in [9.17, 15) is 0 Å². The van der Waals surface area contributed by atoms with Crippen LogP contribution in [0.15, 0.2) is 212 Å². The molecule has 0 aliphatic carbocycles. The van der Waals surface area contributed by atoms with Gasteiger partial charge in [-0.05, 0) is 102 Å². The van der Waals surface area contributed by atoms with Crippen LogP contribution < -0.4 is 4.90 Å². The van der Waals surface area contributed by atoms with E-state index in [1.807, 2.05) is 0 Å². The van der Waals surface area contributed by atoms with Crippen molar-refractivity contribution in [1.82, 2.24) is 0 Å². The number of hydrogen-bond acceptors (Lipinski definition) is 1. The maximum Gasteiger partial charge on any atom is 0.0467 e.